The molecule has 6 rings (SSSR count). The molecule has 0 saturated carbocycles. The average Bonchev–Trinajstić information content (AvgIpc) is 3.07. The van der Waals surface area contributed by atoms with Gasteiger partial charge in [-0.1, -0.05) is 18.2 Å². The van der Waals surface area contributed by atoms with Crippen molar-refractivity contribution >= 4 is 6.08 Å². The summed E-state index contributed by atoms with van der Waals surface area (Å²) in [5.41, 5.74) is 6.08. The molecule has 4 aromatic rings. The minimum atomic E-state index is -0.0775. The van der Waals surface area contributed by atoms with Crippen LogP contribution in [0.25, 0.3) is 6.08 Å². The minimum absolute atomic E-state index is 0.0404. The fourth-order valence-corrected chi connectivity index (χ4v) is 6.16. The maximum atomic E-state index is 11.2. The summed E-state index contributed by atoms with van der Waals surface area (Å²) in [7, 11) is 8.89. The minimum Gasteiger partial charge on any atom is -0.502 e. The number of aliphatic hydroxyl groups is 1. The third kappa shape index (κ3) is 6.16. The van der Waals surface area contributed by atoms with Crippen LogP contribution in [-0.4, -0.2) is 62.0 Å². The molecule has 1 atom stereocenters. The molecule has 240 valence electrons. The van der Waals surface area contributed by atoms with Crippen molar-refractivity contribution in [1.29, 1.82) is 0 Å². The van der Waals surface area contributed by atoms with Gasteiger partial charge in [-0.2, -0.15) is 0 Å². The Balaban J connectivity index is 1.29. The monoisotopic (exact) mass is 624 g/mol. The fourth-order valence-electron chi connectivity index (χ4n) is 6.16. The zero-order valence-electron chi connectivity index (χ0n) is 26.9. The lowest BCUT2D eigenvalue weighted by atomic mass is 9.88. The first-order valence-corrected chi connectivity index (χ1v) is 15.3. The van der Waals surface area contributed by atoms with Crippen LogP contribution in [0.15, 0.2) is 66.9 Å². The van der Waals surface area contributed by atoms with E-state index in [-0.39, 0.29) is 18.4 Å². The van der Waals surface area contributed by atoms with Crippen molar-refractivity contribution in [3.8, 4) is 46.0 Å². The molecule has 2 aliphatic heterocycles. The molecule has 0 spiro atoms. The number of fused-ring (bicyclic) bond motifs is 2. The van der Waals surface area contributed by atoms with E-state index >= 15 is 0 Å². The van der Waals surface area contributed by atoms with Gasteiger partial charge in [-0.15, -0.1) is 0 Å². The Bertz CT molecular complexity index is 1750. The van der Waals surface area contributed by atoms with Crippen LogP contribution in [0.4, 0.5) is 0 Å². The second-order valence-corrected chi connectivity index (χ2v) is 11.7. The number of benzene rings is 4. The average molecular weight is 625 g/mol. The molecule has 0 saturated heterocycles. The van der Waals surface area contributed by atoms with Gasteiger partial charge in [0.2, 0.25) is 5.75 Å². The van der Waals surface area contributed by atoms with Gasteiger partial charge in [0.05, 0.1) is 27.9 Å². The standard InChI is InChI=1S/C37H40N2O7/c1-38-14-12-26-19-35(44-5)36(41)37(29(26)21-38)46-34-20-28-25(18-32(34)43-4)13-15-39(2)30(28)16-23-6-9-27(10-7-23)45-33-17-24(22-40)8-11-31(33)42-3/h6-12,14,17-20,30,40-41H,13,15-16,21-22H2,1-5H3/t30-/m0/s1. The number of phenolic OH excluding ortho intramolecular Hbond substituents is 1. The van der Waals surface area contributed by atoms with Gasteiger partial charge in [0, 0.05) is 31.7 Å². The summed E-state index contributed by atoms with van der Waals surface area (Å²) in [5, 5.41) is 20.7. The van der Waals surface area contributed by atoms with Crippen LogP contribution < -0.4 is 23.7 Å². The van der Waals surface area contributed by atoms with Gasteiger partial charge in [0.15, 0.2) is 34.5 Å². The highest BCUT2D eigenvalue weighted by Crippen LogP contribution is 2.48. The highest BCUT2D eigenvalue weighted by atomic mass is 16.5. The molecule has 0 unspecified atom stereocenters. The van der Waals surface area contributed by atoms with E-state index in [1.165, 1.54) is 12.7 Å². The number of phenols is 1. The Labute approximate surface area is 269 Å². The number of likely N-dealkylation sites (N-methyl/N-ethyl adjacent to an activating group) is 1. The summed E-state index contributed by atoms with van der Waals surface area (Å²) in [6.07, 6.45) is 5.64. The van der Waals surface area contributed by atoms with Crippen molar-refractivity contribution in [2.45, 2.75) is 32.0 Å². The van der Waals surface area contributed by atoms with Crippen molar-refractivity contribution < 1.29 is 33.9 Å². The van der Waals surface area contributed by atoms with Crippen LogP contribution in [0.1, 0.15) is 39.4 Å². The maximum Gasteiger partial charge on any atom is 0.201 e. The number of nitrogens with zero attached hydrogens (tertiary/aromatic N) is 2. The molecule has 0 aromatic heterocycles. The zero-order valence-corrected chi connectivity index (χ0v) is 26.9. The molecule has 2 aliphatic rings. The molecule has 0 aliphatic carbocycles. The van der Waals surface area contributed by atoms with E-state index in [1.54, 1.807) is 26.4 Å². The van der Waals surface area contributed by atoms with Crippen LogP contribution in [0.2, 0.25) is 0 Å². The molecular formula is C37H40N2O7. The van der Waals surface area contributed by atoms with Gasteiger partial charge in [-0.05, 0) is 102 Å². The summed E-state index contributed by atoms with van der Waals surface area (Å²) in [4.78, 5) is 4.40. The predicted molar refractivity (Wildman–Crippen MR) is 176 cm³/mol. The highest BCUT2D eigenvalue weighted by molar-refractivity contribution is 5.69. The first kappa shape index (κ1) is 31.1. The number of methoxy groups -OCH3 is 3. The van der Waals surface area contributed by atoms with E-state index in [0.29, 0.717) is 46.8 Å². The van der Waals surface area contributed by atoms with Crippen LogP contribution in [-0.2, 0) is 26.0 Å². The lowest BCUT2D eigenvalue weighted by Gasteiger charge is -2.35. The zero-order chi connectivity index (χ0) is 32.4. The van der Waals surface area contributed by atoms with Crippen LogP contribution in [0, 0.1) is 0 Å². The van der Waals surface area contributed by atoms with E-state index in [4.69, 9.17) is 23.7 Å². The van der Waals surface area contributed by atoms with Gasteiger partial charge in [0.1, 0.15) is 5.75 Å². The molecule has 9 heteroatoms. The first-order chi connectivity index (χ1) is 22.3. The van der Waals surface area contributed by atoms with Crippen LogP contribution in [0.5, 0.6) is 46.0 Å². The number of aliphatic hydroxyl groups excluding tert-OH is 1. The van der Waals surface area contributed by atoms with E-state index in [2.05, 4.69) is 36.2 Å². The maximum absolute atomic E-state index is 11.2. The second-order valence-electron chi connectivity index (χ2n) is 11.7. The summed E-state index contributed by atoms with van der Waals surface area (Å²) in [5.74, 6) is 3.65. The van der Waals surface area contributed by atoms with E-state index in [0.717, 1.165) is 47.2 Å². The Hall–Kier alpha value is -4.86. The number of ether oxygens (including phenoxy) is 5. The number of aromatic hydroxyl groups is 1. The van der Waals surface area contributed by atoms with E-state index in [9.17, 15) is 10.2 Å². The van der Waals surface area contributed by atoms with Gasteiger partial charge < -0.3 is 38.8 Å². The molecule has 9 nitrogen and oxygen atoms in total. The van der Waals surface area contributed by atoms with Crippen molar-refractivity contribution in [2.24, 2.45) is 0 Å². The van der Waals surface area contributed by atoms with Gasteiger partial charge in [-0.3, -0.25) is 4.90 Å². The Morgan fingerprint density at radius 1 is 0.783 bits per heavy atom. The molecule has 2 N–H and O–H groups in total. The molecule has 4 aromatic carbocycles. The Morgan fingerprint density at radius 3 is 2.22 bits per heavy atom. The first-order valence-electron chi connectivity index (χ1n) is 15.3. The predicted octanol–water partition coefficient (Wildman–Crippen LogP) is 6.68. The second kappa shape index (κ2) is 13.2. The van der Waals surface area contributed by atoms with Gasteiger partial charge >= 0.3 is 0 Å². The molecular weight excluding hydrogens is 584 g/mol. The highest BCUT2D eigenvalue weighted by Gasteiger charge is 2.29. The largest absolute Gasteiger partial charge is 0.502 e. The van der Waals surface area contributed by atoms with Crippen molar-refractivity contribution in [2.75, 3.05) is 42.0 Å². The third-order valence-electron chi connectivity index (χ3n) is 8.75. The molecule has 0 amide bonds. The molecule has 0 bridgehead atoms. The Morgan fingerprint density at radius 2 is 1.50 bits per heavy atom. The fraction of sp³-hybridized carbons (Fsp3) is 0.297. The quantitative estimate of drug-likeness (QED) is 0.200. The topological polar surface area (TPSA) is 93.1 Å². The number of hydrogen-bond acceptors (Lipinski definition) is 9. The SMILES string of the molecule is COc1ccc(CO)cc1Oc1ccc(C[C@H]2c3cc(Oc4c(O)c(OC)cc5c4CN(C)C=C5)c(OC)cc3CCN2C)cc1. The molecule has 2 heterocycles. The molecule has 46 heavy (non-hydrogen) atoms. The lowest BCUT2D eigenvalue weighted by molar-refractivity contribution is 0.228. The summed E-state index contributed by atoms with van der Waals surface area (Å²) in [6.45, 7) is 1.41. The third-order valence-corrected chi connectivity index (χ3v) is 8.75. The van der Waals surface area contributed by atoms with Gasteiger partial charge in [0.25, 0.3) is 0 Å². The lowest BCUT2D eigenvalue weighted by Crippen LogP contribution is -2.33. The normalized spacial score (nSPS) is 15.6. The van der Waals surface area contributed by atoms with Crippen LogP contribution in [0.3, 0.4) is 0 Å². The summed E-state index contributed by atoms with van der Waals surface area (Å²) < 4.78 is 29.4. The molecule has 0 fully saturated rings. The van der Waals surface area contributed by atoms with Crippen molar-refractivity contribution in [1.82, 2.24) is 9.80 Å². The van der Waals surface area contributed by atoms with E-state index < -0.39 is 0 Å². The smallest absolute Gasteiger partial charge is 0.201 e. The van der Waals surface area contributed by atoms with Crippen molar-refractivity contribution in [3.63, 3.8) is 0 Å². The Kier molecular flexibility index (Phi) is 8.96. The molecule has 0 radical (unpaired) electrons. The number of hydrogen-bond donors (Lipinski definition) is 2. The van der Waals surface area contributed by atoms with Crippen LogP contribution >= 0.6 is 0 Å². The van der Waals surface area contributed by atoms with Gasteiger partial charge in [-0.25, -0.2) is 0 Å². The van der Waals surface area contributed by atoms with Crippen molar-refractivity contribution in [3.05, 3.63) is 100 Å². The van der Waals surface area contributed by atoms with E-state index in [1.807, 2.05) is 48.5 Å². The summed E-state index contributed by atoms with van der Waals surface area (Å²) >= 11 is 0. The summed E-state index contributed by atoms with van der Waals surface area (Å²) in [6, 6.07) is 19.5. The number of rotatable bonds is 10.